The molecule has 17 nitrogen and oxygen atoms in total. The number of ketones is 1. The highest BCUT2D eigenvalue weighted by atomic mass is 16.7. The molecule has 0 aromatic heterocycles. The molecule has 0 radical (unpaired) electrons. The number of hydrogen-bond donors (Lipinski definition) is 11. The summed E-state index contributed by atoms with van der Waals surface area (Å²) >= 11 is 0. The molecule has 232 valence electrons. The fourth-order valence-corrected chi connectivity index (χ4v) is 5.43. The van der Waals surface area contributed by atoms with E-state index >= 15 is 0 Å². The summed E-state index contributed by atoms with van der Waals surface area (Å²) < 4.78 is 23.6. The Balaban J connectivity index is 1.87. The molecule has 2 saturated heterocycles. The van der Waals surface area contributed by atoms with E-state index in [9.17, 15) is 30.3 Å². The molecule has 2 aliphatic heterocycles. The molecule has 1 unspecified atom stereocenters. The van der Waals surface area contributed by atoms with Crippen molar-refractivity contribution in [3.8, 4) is 0 Å². The van der Waals surface area contributed by atoms with Crippen LogP contribution in [0, 0.1) is 5.92 Å². The van der Waals surface area contributed by atoms with Crippen molar-refractivity contribution in [2.45, 2.75) is 105 Å². The van der Waals surface area contributed by atoms with Gasteiger partial charge in [0.05, 0.1) is 24.9 Å². The van der Waals surface area contributed by atoms with Crippen molar-refractivity contribution >= 4 is 11.7 Å². The van der Waals surface area contributed by atoms with Gasteiger partial charge in [0.15, 0.2) is 24.3 Å². The number of carbonyl (C=O) groups excluding carboxylic acids is 1. The molecule has 2 heterocycles. The molecular formula is C23H45N7O10. The first kappa shape index (κ1) is 32.9. The van der Waals surface area contributed by atoms with E-state index in [-0.39, 0.29) is 38.0 Å². The lowest BCUT2D eigenvalue weighted by molar-refractivity contribution is -0.317. The van der Waals surface area contributed by atoms with Crippen molar-refractivity contribution in [1.29, 1.82) is 0 Å². The van der Waals surface area contributed by atoms with Gasteiger partial charge in [-0.25, -0.2) is 4.99 Å². The van der Waals surface area contributed by atoms with Crippen molar-refractivity contribution in [3.05, 3.63) is 0 Å². The quantitative estimate of drug-likeness (QED) is 0.0800. The Kier molecular flexibility index (Phi) is 12.0. The highest BCUT2D eigenvalue weighted by Gasteiger charge is 2.51. The van der Waals surface area contributed by atoms with Crippen molar-refractivity contribution < 1.29 is 49.3 Å². The van der Waals surface area contributed by atoms with E-state index in [1.54, 1.807) is 0 Å². The minimum absolute atomic E-state index is 0.0797. The summed E-state index contributed by atoms with van der Waals surface area (Å²) in [5, 5.41) is 51.9. The number of Topliss-reactive ketones (excluding diaryl/α,β-unsaturated/α-hetero) is 1. The monoisotopic (exact) mass is 579 g/mol. The van der Waals surface area contributed by atoms with Gasteiger partial charge in [-0.2, -0.15) is 0 Å². The molecule has 0 aromatic rings. The van der Waals surface area contributed by atoms with Crippen LogP contribution in [0.3, 0.4) is 0 Å². The summed E-state index contributed by atoms with van der Waals surface area (Å²) in [5.41, 5.74) is 34.7. The molecule has 3 fully saturated rings. The lowest BCUT2D eigenvalue weighted by atomic mass is 9.76. The average Bonchev–Trinajstić information content (AvgIpc) is 2.92. The lowest BCUT2D eigenvalue weighted by Gasteiger charge is -2.48. The molecule has 14 atom stereocenters. The fraction of sp³-hybridized carbons (Fsp3) is 0.913. The van der Waals surface area contributed by atoms with Crippen molar-refractivity contribution in [2.75, 3.05) is 19.7 Å². The Morgan fingerprint density at radius 1 is 0.975 bits per heavy atom. The first-order valence-electron chi connectivity index (χ1n) is 13.4. The molecule has 3 aliphatic rings. The van der Waals surface area contributed by atoms with E-state index in [4.69, 9.17) is 53.3 Å². The Labute approximate surface area is 231 Å². The van der Waals surface area contributed by atoms with E-state index in [1.165, 1.54) is 0 Å². The van der Waals surface area contributed by atoms with E-state index in [0.29, 0.717) is 12.8 Å². The zero-order chi connectivity index (χ0) is 29.7. The summed E-state index contributed by atoms with van der Waals surface area (Å²) in [4.78, 5) is 16.8. The molecule has 17 heteroatoms. The third kappa shape index (κ3) is 7.62. The van der Waals surface area contributed by atoms with E-state index in [0.717, 1.165) is 0 Å². The van der Waals surface area contributed by atoms with Gasteiger partial charge in [-0.3, -0.25) is 4.79 Å². The molecule has 0 spiro atoms. The second-order valence-corrected chi connectivity index (χ2v) is 10.6. The number of guanidine groups is 1. The van der Waals surface area contributed by atoms with E-state index < -0.39 is 91.7 Å². The maximum absolute atomic E-state index is 12.6. The molecule has 3 rings (SSSR count). The predicted octanol–water partition coefficient (Wildman–Crippen LogP) is -6.38. The number of nitrogens with zero attached hydrogens (tertiary/aromatic N) is 1. The van der Waals surface area contributed by atoms with Crippen LogP contribution in [0.1, 0.15) is 25.7 Å². The summed E-state index contributed by atoms with van der Waals surface area (Å²) in [6.45, 7) is -0.716. The van der Waals surface area contributed by atoms with E-state index in [2.05, 4.69) is 4.99 Å². The number of nitrogens with two attached hydrogens (primary N) is 6. The number of ether oxygens (including phenoxy) is 4. The standard InChI is InChI=1S/C23H45N7O10/c24-5-9-1-2-11(30-23(28)29)21(37-9)40-20-10(26)3-8(4-12(32)13(33)6-25)19(18(20)36)39-22-17(35)15(27)16(34)14(7-31)38-22/h8-11,13-22,31,33-36H,1-7,24-27H2,(H4,28,29,30)/t8-,9-,10-,11+,13-,14+,15-,16+,17+,18+,19-,20?,21+,22+/m0/s1. The van der Waals surface area contributed by atoms with Gasteiger partial charge in [-0.1, -0.05) is 0 Å². The first-order valence-corrected chi connectivity index (χ1v) is 13.4. The van der Waals surface area contributed by atoms with Crippen LogP contribution in [-0.4, -0.2) is 137 Å². The zero-order valence-corrected chi connectivity index (χ0v) is 22.2. The first-order chi connectivity index (χ1) is 18.9. The molecule has 0 amide bonds. The molecule has 17 N–H and O–H groups in total. The van der Waals surface area contributed by atoms with Gasteiger partial charge in [0, 0.05) is 25.6 Å². The molecule has 1 aliphatic carbocycles. The highest BCUT2D eigenvalue weighted by Crippen LogP contribution is 2.36. The largest absolute Gasteiger partial charge is 0.394 e. The van der Waals surface area contributed by atoms with Crippen LogP contribution in [-0.2, 0) is 23.7 Å². The number of hydrogen-bond acceptors (Lipinski definition) is 15. The van der Waals surface area contributed by atoms with Crippen LogP contribution in [0.4, 0.5) is 0 Å². The number of aliphatic hydroxyl groups excluding tert-OH is 5. The van der Waals surface area contributed by atoms with Gasteiger partial charge in [0.25, 0.3) is 0 Å². The van der Waals surface area contributed by atoms with Gasteiger partial charge in [0.2, 0.25) is 0 Å². The minimum atomic E-state index is -1.55. The second-order valence-electron chi connectivity index (χ2n) is 10.6. The number of rotatable bonds is 11. The maximum Gasteiger partial charge on any atom is 0.186 e. The zero-order valence-electron chi connectivity index (χ0n) is 22.2. The SMILES string of the molecule is NC[C@@H]1CC[C@@H](N=C(N)N)[C@@H](OC2[C@@H](N)C[C@@H](CC(=O)[C@@H](O)CN)[C@H](O[C@H]3O[C@H](CO)[C@@H](O)[C@H](N)[C@H]3O)[C@H]2O)O1. The average molecular weight is 580 g/mol. The van der Waals surface area contributed by atoms with Crippen LogP contribution in [0.15, 0.2) is 4.99 Å². The normalized spacial score (nSPS) is 43.2. The van der Waals surface area contributed by atoms with Crippen molar-refractivity contribution in [2.24, 2.45) is 45.3 Å². The lowest BCUT2D eigenvalue weighted by Crippen LogP contribution is -2.66. The third-order valence-corrected chi connectivity index (χ3v) is 7.72. The summed E-state index contributed by atoms with van der Waals surface area (Å²) in [5.74, 6) is -1.55. The predicted molar refractivity (Wildman–Crippen MR) is 139 cm³/mol. The second kappa shape index (κ2) is 14.5. The molecule has 0 aromatic carbocycles. The van der Waals surface area contributed by atoms with Crippen LogP contribution in [0.25, 0.3) is 0 Å². The molecular weight excluding hydrogens is 534 g/mol. The van der Waals surface area contributed by atoms with Crippen LogP contribution >= 0.6 is 0 Å². The Morgan fingerprint density at radius 2 is 1.65 bits per heavy atom. The molecule has 1 saturated carbocycles. The summed E-state index contributed by atoms with van der Waals surface area (Å²) in [7, 11) is 0. The number of aliphatic imine (C=N–C) groups is 1. The number of carbonyl (C=O) groups is 1. The Morgan fingerprint density at radius 3 is 2.25 bits per heavy atom. The topological polar surface area (TPSA) is 324 Å². The van der Waals surface area contributed by atoms with Crippen LogP contribution in [0.2, 0.25) is 0 Å². The molecule has 0 bridgehead atoms. The van der Waals surface area contributed by atoms with Crippen molar-refractivity contribution in [1.82, 2.24) is 0 Å². The van der Waals surface area contributed by atoms with Crippen LogP contribution in [0.5, 0.6) is 0 Å². The Hall–Kier alpha value is -1.58. The van der Waals surface area contributed by atoms with Gasteiger partial charge in [-0.15, -0.1) is 0 Å². The summed E-state index contributed by atoms with van der Waals surface area (Å²) in [6, 6.07) is -2.69. The number of aliphatic hydroxyl groups is 5. The highest BCUT2D eigenvalue weighted by molar-refractivity contribution is 5.83. The van der Waals surface area contributed by atoms with Gasteiger partial charge in [-0.05, 0) is 25.2 Å². The minimum Gasteiger partial charge on any atom is -0.394 e. The van der Waals surface area contributed by atoms with Gasteiger partial charge in [0.1, 0.15) is 42.7 Å². The maximum atomic E-state index is 12.6. The van der Waals surface area contributed by atoms with Gasteiger partial charge >= 0.3 is 0 Å². The van der Waals surface area contributed by atoms with Crippen LogP contribution < -0.4 is 34.4 Å². The fourth-order valence-electron chi connectivity index (χ4n) is 5.43. The summed E-state index contributed by atoms with van der Waals surface area (Å²) in [6.07, 6.45) is -11.4. The van der Waals surface area contributed by atoms with E-state index in [1.807, 2.05) is 0 Å². The van der Waals surface area contributed by atoms with Crippen molar-refractivity contribution in [3.63, 3.8) is 0 Å². The van der Waals surface area contributed by atoms with Gasteiger partial charge < -0.3 is 78.9 Å². The third-order valence-electron chi connectivity index (χ3n) is 7.72. The molecule has 40 heavy (non-hydrogen) atoms. The smallest absolute Gasteiger partial charge is 0.186 e. The Bertz CT molecular complexity index is 853.